The van der Waals surface area contributed by atoms with Crippen molar-refractivity contribution < 1.29 is 23.9 Å². The molecule has 2 saturated heterocycles. The molecule has 2 N–H and O–H groups in total. The molecule has 4 atom stereocenters. The number of aliphatic carboxylic acids is 1. The summed E-state index contributed by atoms with van der Waals surface area (Å²) in [4.78, 5) is 23.6. The normalized spacial score (nSPS) is 25.4. The van der Waals surface area contributed by atoms with Gasteiger partial charge in [-0.2, -0.15) is 0 Å². The van der Waals surface area contributed by atoms with Crippen LogP contribution in [0.1, 0.15) is 20.8 Å². The van der Waals surface area contributed by atoms with Crippen molar-refractivity contribution in [3.63, 3.8) is 0 Å². The van der Waals surface area contributed by atoms with Gasteiger partial charge in [-0.15, -0.1) is 0 Å². The molecule has 0 amide bonds. The fourth-order valence-corrected chi connectivity index (χ4v) is 9.53. The Hall–Kier alpha value is -2.54. The zero-order chi connectivity index (χ0) is 22.9. The number of nitrogens with one attached hydrogen (secondary N) is 1. The third kappa shape index (κ3) is 3.98. The number of carboxylic acid groups (broad SMARTS) is 1. The number of carbonyl (C=O) groups excluding carboxylic acids is 1. The van der Waals surface area contributed by atoms with E-state index in [1.54, 1.807) is 0 Å². The summed E-state index contributed by atoms with van der Waals surface area (Å²) in [6, 6.07) is 19.1. The van der Waals surface area contributed by atoms with Crippen LogP contribution in [0, 0.1) is 5.92 Å². The Labute approximate surface area is 189 Å². The third-order valence-electron chi connectivity index (χ3n) is 6.52. The number of carboxylic acids is 1. The number of benzene rings is 2. The molecule has 2 aromatic carbocycles. The highest BCUT2D eigenvalue weighted by Crippen LogP contribution is 2.39. The first-order valence-corrected chi connectivity index (χ1v) is 12.8. The van der Waals surface area contributed by atoms with Crippen LogP contribution in [0.15, 0.2) is 66.2 Å². The minimum Gasteiger partial charge on any atom is -0.480 e. The molecule has 0 saturated carbocycles. The summed E-state index contributed by atoms with van der Waals surface area (Å²) in [5.74, 6) is 0.420. The highest BCUT2D eigenvalue weighted by atomic mass is 28.4. The van der Waals surface area contributed by atoms with Crippen LogP contribution in [-0.2, 0) is 18.8 Å². The van der Waals surface area contributed by atoms with Gasteiger partial charge in [-0.25, -0.2) is 4.79 Å². The van der Waals surface area contributed by atoms with Gasteiger partial charge in [0, 0.05) is 24.1 Å². The van der Waals surface area contributed by atoms with Crippen molar-refractivity contribution in [1.82, 2.24) is 5.32 Å². The zero-order valence-corrected chi connectivity index (χ0v) is 19.6. The van der Waals surface area contributed by atoms with Crippen molar-refractivity contribution in [1.29, 1.82) is 0 Å². The Morgan fingerprint density at radius 2 is 1.66 bits per heavy atom. The molecule has 0 spiro atoms. The van der Waals surface area contributed by atoms with Crippen molar-refractivity contribution in [2.75, 3.05) is 13.2 Å². The monoisotopic (exact) mass is 451 g/mol. The lowest BCUT2D eigenvalue weighted by atomic mass is 9.93. The summed E-state index contributed by atoms with van der Waals surface area (Å²) >= 11 is 0. The molecule has 0 aliphatic carbocycles. The molecule has 32 heavy (non-hydrogen) atoms. The number of ether oxygens (including phenoxy) is 1. The van der Waals surface area contributed by atoms with Gasteiger partial charge in [0.2, 0.25) is 0 Å². The highest BCUT2D eigenvalue weighted by Gasteiger charge is 2.54. The van der Waals surface area contributed by atoms with Crippen LogP contribution in [0.2, 0.25) is 5.04 Å². The van der Waals surface area contributed by atoms with Crippen molar-refractivity contribution in [3.8, 4) is 0 Å². The van der Waals surface area contributed by atoms with Gasteiger partial charge in [0.15, 0.2) is 0 Å². The molecule has 0 bridgehead atoms. The minimum absolute atomic E-state index is 0.115. The maximum absolute atomic E-state index is 11.8. The molecule has 2 fully saturated rings. The topological polar surface area (TPSA) is 88.2 Å². The largest absolute Gasteiger partial charge is 0.480 e. The average molecular weight is 452 g/mol. The summed E-state index contributed by atoms with van der Waals surface area (Å²) in [6.07, 6.45) is -0.115. The van der Waals surface area contributed by atoms with E-state index in [1.165, 1.54) is 0 Å². The summed E-state index contributed by atoms with van der Waals surface area (Å²) in [7, 11) is -2.81. The standard InChI is InChI=1S/C25H29NO5Si/c1-25(2,3)32(17-10-6-4-7-11-17,18-12-8-5-9-13-18)31-15-20-19(14-27)23(24(28)29)26-22(20)21-16-30-21/h4-13,20-23,26H,15-16H2,1-3H3,(H,28,29). The van der Waals surface area contributed by atoms with Crippen LogP contribution < -0.4 is 15.7 Å². The van der Waals surface area contributed by atoms with Gasteiger partial charge in [0.25, 0.3) is 8.32 Å². The van der Waals surface area contributed by atoms with Gasteiger partial charge in [0.05, 0.1) is 12.7 Å². The van der Waals surface area contributed by atoms with Crippen LogP contribution in [0.5, 0.6) is 0 Å². The maximum atomic E-state index is 11.8. The number of carbonyl (C=O) groups is 1. The van der Waals surface area contributed by atoms with Crippen molar-refractivity contribution >= 4 is 30.6 Å². The number of hydrogen-bond donors (Lipinski definition) is 2. The van der Waals surface area contributed by atoms with Crippen LogP contribution in [0.3, 0.4) is 0 Å². The van der Waals surface area contributed by atoms with E-state index in [2.05, 4.69) is 50.4 Å². The van der Waals surface area contributed by atoms with Crippen LogP contribution in [0.4, 0.5) is 0 Å². The number of rotatable bonds is 7. The highest BCUT2D eigenvalue weighted by molar-refractivity contribution is 6.99. The van der Waals surface area contributed by atoms with Gasteiger partial charge in [-0.1, -0.05) is 81.4 Å². The molecule has 2 heterocycles. The third-order valence-corrected chi connectivity index (χ3v) is 11.5. The molecule has 168 valence electrons. The van der Waals surface area contributed by atoms with E-state index < -0.39 is 26.2 Å². The summed E-state index contributed by atoms with van der Waals surface area (Å²) < 4.78 is 12.4. The Bertz CT molecular complexity index is 970. The molecule has 2 aromatic rings. The average Bonchev–Trinajstić information content (AvgIpc) is 3.55. The van der Waals surface area contributed by atoms with Gasteiger partial charge in [-0.3, -0.25) is 10.1 Å². The quantitative estimate of drug-likeness (QED) is 0.379. The molecule has 2 aliphatic heterocycles. The van der Waals surface area contributed by atoms with E-state index in [9.17, 15) is 14.7 Å². The predicted molar refractivity (Wildman–Crippen MR) is 124 cm³/mol. The van der Waals surface area contributed by atoms with Crippen LogP contribution in [0.25, 0.3) is 0 Å². The lowest BCUT2D eigenvalue weighted by molar-refractivity contribution is -0.138. The Kier molecular flexibility index (Phi) is 6.21. The molecule has 4 unspecified atom stereocenters. The Morgan fingerprint density at radius 1 is 1.12 bits per heavy atom. The van der Waals surface area contributed by atoms with E-state index in [-0.39, 0.29) is 29.4 Å². The van der Waals surface area contributed by atoms with Crippen LogP contribution >= 0.6 is 0 Å². The molecule has 0 aromatic heterocycles. The van der Waals surface area contributed by atoms with Gasteiger partial charge in [0.1, 0.15) is 12.0 Å². The first-order valence-electron chi connectivity index (χ1n) is 10.9. The second kappa shape index (κ2) is 8.77. The minimum atomic E-state index is -2.81. The second-order valence-electron chi connectivity index (χ2n) is 9.47. The van der Waals surface area contributed by atoms with E-state index in [1.807, 2.05) is 42.3 Å². The number of hydrogen-bond acceptors (Lipinski definition) is 5. The van der Waals surface area contributed by atoms with Crippen molar-refractivity contribution in [2.45, 2.75) is 44.0 Å². The van der Waals surface area contributed by atoms with Gasteiger partial charge in [-0.05, 0) is 15.4 Å². The lowest BCUT2D eigenvalue weighted by Gasteiger charge is -2.43. The fourth-order valence-electron chi connectivity index (χ4n) is 4.94. The van der Waals surface area contributed by atoms with Crippen molar-refractivity contribution in [2.24, 2.45) is 5.92 Å². The lowest BCUT2D eigenvalue weighted by Crippen LogP contribution is -2.67. The first kappa shape index (κ1) is 22.6. The smallest absolute Gasteiger partial charge is 0.325 e. The SMILES string of the molecule is CC(C)(C)[Si](OCC1C(=C=O)C(C(=O)O)NC1C1CO1)(c1ccccc1)c1ccccc1. The van der Waals surface area contributed by atoms with E-state index in [0.717, 1.165) is 10.4 Å². The van der Waals surface area contributed by atoms with E-state index >= 15 is 0 Å². The summed E-state index contributed by atoms with van der Waals surface area (Å²) in [6.45, 7) is 7.32. The molecule has 2 aliphatic rings. The second-order valence-corrected chi connectivity index (χ2v) is 13.8. The maximum Gasteiger partial charge on any atom is 0.325 e. The Morgan fingerprint density at radius 3 is 2.06 bits per heavy atom. The Balaban J connectivity index is 1.76. The molecule has 0 radical (unpaired) electrons. The van der Waals surface area contributed by atoms with Crippen molar-refractivity contribution in [3.05, 3.63) is 66.2 Å². The fraction of sp³-hybridized carbons (Fsp3) is 0.400. The van der Waals surface area contributed by atoms with Crippen LogP contribution in [-0.4, -0.2) is 56.7 Å². The molecule has 7 heteroatoms. The van der Waals surface area contributed by atoms with Gasteiger partial charge >= 0.3 is 5.97 Å². The molecular formula is C25H29NO5Si. The van der Waals surface area contributed by atoms with E-state index in [0.29, 0.717) is 6.61 Å². The number of epoxide rings is 1. The summed E-state index contributed by atoms with van der Waals surface area (Å²) in [5.41, 5.74) is 0.205. The molecular weight excluding hydrogens is 422 g/mol. The van der Waals surface area contributed by atoms with E-state index in [4.69, 9.17) is 9.16 Å². The first-order chi connectivity index (χ1) is 15.3. The van der Waals surface area contributed by atoms with Gasteiger partial charge < -0.3 is 14.3 Å². The zero-order valence-electron chi connectivity index (χ0n) is 18.6. The predicted octanol–water partition coefficient (Wildman–Crippen LogP) is 1.76. The molecule has 6 nitrogen and oxygen atoms in total. The molecule has 4 rings (SSSR count). The summed E-state index contributed by atoms with van der Waals surface area (Å²) in [5, 5.41) is 14.8.